The van der Waals surface area contributed by atoms with E-state index in [2.05, 4.69) is 0 Å². The predicted molar refractivity (Wildman–Crippen MR) is 74.8 cm³/mol. The second kappa shape index (κ2) is 6.13. The van der Waals surface area contributed by atoms with Gasteiger partial charge in [0.25, 0.3) is 0 Å². The molecule has 1 aromatic rings. The zero-order valence-corrected chi connectivity index (χ0v) is 12.5. The summed E-state index contributed by atoms with van der Waals surface area (Å²) in [7, 11) is -3.69. The molecule has 1 saturated heterocycles. The van der Waals surface area contributed by atoms with Crippen LogP contribution in [-0.4, -0.2) is 56.4 Å². The van der Waals surface area contributed by atoms with E-state index < -0.39 is 16.0 Å². The van der Waals surface area contributed by atoms with Crippen molar-refractivity contribution in [3.8, 4) is 0 Å². The summed E-state index contributed by atoms with van der Waals surface area (Å²) in [5.74, 6) is -1.14. The molecule has 1 heterocycles. The summed E-state index contributed by atoms with van der Waals surface area (Å²) in [6.07, 6.45) is 1.76. The van der Waals surface area contributed by atoms with Crippen LogP contribution in [0.25, 0.3) is 0 Å². The zero-order valence-electron chi connectivity index (χ0n) is 10.9. The maximum Gasteiger partial charge on any atom is 0.335 e. The Labute approximate surface area is 121 Å². The molecule has 0 aromatic heterocycles. The maximum absolute atomic E-state index is 12.6. The highest BCUT2D eigenvalue weighted by molar-refractivity contribution is 7.99. The molecule has 1 N–H and O–H groups in total. The van der Waals surface area contributed by atoms with Crippen LogP contribution in [0.2, 0.25) is 0 Å². The fraction of sp³-hybridized carbons (Fsp3) is 0.417. The number of morpholine rings is 1. The van der Waals surface area contributed by atoms with Crippen LogP contribution in [0.15, 0.2) is 28.0 Å². The molecule has 6 nitrogen and oxygen atoms in total. The fourth-order valence-electron chi connectivity index (χ4n) is 1.94. The fourth-order valence-corrected chi connectivity index (χ4v) is 4.47. The van der Waals surface area contributed by atoms with Gasteiger partial charge in [-0.1, -0.05) is 0 Å². The molecule has 8 heteroatoms. The van der Waals surface area contributed by atoms with Gasteiger partial charge < -0.3 is 9.84 Å². The van der Waals surface area contributed by atoms with Crippen molar-refractivity contribution in [1.82, 2.24) is 4.31 Å². The number of carbonyl (C=O) groups is 1. The summed E-state index contributed by atoms with van der Waals surface area (Å²) >= 11 is 1.28. The normalized spacial score (nSPS) is 17.1. The largest absolute Gasteiger partial charge is 0.478 e. The number of benzene rings is 1. The first-order valence-corrected chi connectivity index (χ1v) is 8.62. The number of sulfonamides is 1. The molecule has 1 aliphatic rings. The molecule has 0 saturated carbocycles. The topological polar surface area (TPSA) is 83.9 Å². The lowest BCUT2D eigenvalue weighted by Gasteiger charge is -2.26. The minimum atomic E-state index is -3.69. The Kier molecular flexibility index (Phi) is 4.69. The van der Waals surface area contributed by atoms with Crippen molar-refractivity contribution in [2.45, 2.75) is 9.79 Å². The van der Waals surface area contributed by atoms with E-state index in [1.54, 1.807) is 6.26 Å². The average molecular weight is 317 g/mol. The second-order valence-electron chi connectivity index (χ2n) is 4.19. The summed E-state index contributed by atoms with van der Waals surface area (Å²) in [5.41, 5.74) is -0.0327. The van der Waals surface area contributed by atoms with Crippen molar-refractivity contribution in [3.63, 3.8) is 0 Å². The molecule has 110 valence electrons. The van der Waals surface area contributed by atoms with Crippen LogP contribution >= 0.6 is 11.8 Å². The summed E-state index contributed by atoms with van der Waals surface area (Å²) < 4.78 is 31.7. The van der Waals surface area contributed by atoms with Crippen LogP contribution < -0.4 is 0 Å². The Morgan fingerprint density at radius 1 is 1.35 bits per heavy atom. The van der Waals surface area contributed by atoms with Crippen LogP contribution in [0.1, 0.15) is 10.4 Å². The summed E-state index contributed by atoms with van der Waals surface area (Å²) in [5, 5.41) is 9.01. The maximum atomic E-state index is 12.6. The molecule has 1 aromatic carbocycles. The van der Waals surface area contributed by atoms with E-state index in [1.807, 2.05) is 0 Å². The van der Waals surface area contributed by atoms with E-state index in [-0.39, 0.29) is 23.5 Å². The van der Waals surface area contributed by atoms with Crippen molar-refractivity contribution in [2.75, 3.05) is 32.6 Å². The quantitative estimate of drug-likeness (QED) is 0.838. The highest BCUT2D eigenvalue weighted by Gasteiger charge is 2.29. The molecule has 1 aliphatic heterocycles. The van der Waals surface area contributed by atoms with Crippen molar-refractivity contribution in [1.29, 1.82) is 0 Å². The molecule has 0 aliphatic carbocycles. The number of thioether (sulfide) groups is 1. The first-order valence-electron chi connectivity index (χ1n) is 5.96. The molecular formula is C12H15NO5S2. The third kappa shape index (κ3) is 2.98. The molecule has 0 atom stereocenters. The molecule has 0 amide bonds. The van der Waals surface area contributed by atoms with Gasteiger partial charge in [-0.2, -0.15) is 4.31 Å². The van der Waals surface area contributed by atoms with Gasteiger partial charge in [-0.3, -0.25) is 0 Å². The summed E-state index contributed by atoms with van der Waals surface area (Å²) in [4.78, 5) is 11.6. The third-order valence-electron chi connectivity index (χ3n) is 3.00. The Morgan fingerprint density at radius 2 is 2.00 bits per heavy atom. The number of nitrogens with zero attached hydrogens (tertiary/aromatic N) is 1. The smallest absolute Gasteiger partial charge is 0.335 e. The van der Waals surface area contributed by atoms with Gasteiger partial charge in [0.05, 0.1) is 23.7 Å². The van der Waals surface area contributed by atoms with E-state index in [9.17, 15) is 13.2 Å². The van der Waals surface area contributed by atoms with E-state index in [1.165, 1.54) is 34.3 Å². The van der Waals surface area contributed by atoms with Gasteiger partial charge in [0.2, 0.25) is 10.0 Å². The molecular weight excluding hydrogens is 302 g/mol. The van der Waals surface area contributed by atoms with Gasteiger partial charge in [-0.05, 0) is 24.5 Å². The lowest BCUT2D eigenvalue weighted by atomic mass is 10.2. The Hall–Kier alpha value is -1.09. The lowest BCUT2D eigenvalue weighted by Crippen LogP contribution is -2.40. The minimum Gasteiger partial charge on any atom is -0.478 e. The first-order chi connectivity index (χ1) is 9.46. The predicted octanol–water partition coefficient (Wildman–Crippen LogP) is 1.13. The zero-order chi connectivity index (χ0) is 14.8. The highest BCUT2D eigenvalue weighted by Crippen LogP contribution is 2.28. The van der Waals surface area contributed by atoms with Gasteiger partial charge in [0, 0.05) is 18.0 Å². The van der Waals surface area contributed by atoms with E-state index in [4.69, 9.17) is 9.84 Å². The van der Waals surface area contributed by atoms with Gasteiger partial charge in [0.15, 0.2) is 0 Å². The van der Waals surface area contributed by atoms with E-state index in [0.717, 1.165) is 0 Å². The molecule has 0 radical (unpaired) electrons. The minimum absolute atomic E-state index is 0.0327. The number of hydrogen-bond donors (Lipinski definition) is 1. The Bertz CT molecular complexity index is 608. The third-order valence-corrected chi connectivity index (χ3v) is 5.86. The Balaban J connectivity index is 2.48. The lowest BCUT2D eigenvalue weighted by molar-refractivity contribution is 0.0695. The monoisotopic (exact) mass is 317 g/mol. The molecule has 0 unspecified atom stereocenters. The van der Waals surface area contributed by atoms with E-state index in [0.29, 0.717) is 18.1 Å². The molecule has 1 fully saturated rings. The summed E-state index contributed by atoms with van der Waals surface area (Å²) in [6.45, 7) is 1.28. The Morgan fingerprint density at radius 3 is 2.55 bits per heavy atom. The van der Waals surface area contributed by atoms with Crippen molar-refractivity contribution in [2.24, 2.45) is 0 Å². The first kappa shape index (κ1) is 15.3. The molecule has 0 spiro atoms. The molecule has 2 rings (SSSR count). The van der Waals surface area contributed by atoms with Crippen LogP contribution in [0, 0.1) is 0 Å². The van der Waals surface area contributed by atoms with Gasteiger partial charge in [0.1, 0.15) is 0 Å². The standard InChI is InChI=1S/C12H15NO5S2/c1-19-10-3-2-9(12(14)15)8-11(10)20(16,17)13-4-6-18-7-5-13/h2-3,8H,4-7H2,1H3,(H,14,15). The number of hydrogen-bond acceptors (Lipinski definition) is 5. The average Bonchev–Trinajstić information content (AvgIpc) is 2.47. The number of carboxylic acids is 1. The number of aromatic carboxylic acids is 1. The van der Waals surface area contributed by atoms with Gasteiger partial charge in [-0.15, -0.1) is 11.8 Å². The number of rotatable bonds is 4. The number of ether oxygens (including phenoxy) is 1. The summed E-state index contributed by atoms with van der Waals surface area (Å²) in [6, 6.07) is 4.16. The highest BCUT2D eigenvalue weighted by atomic mass is 32.2. The number of carboxylic acid groups (broad SMARTS) is 1. The van der Waals surface area contributed by atoms with Gasteiger partial charge in [-0.25, -0.2) is 13.2 Å². The van der Waals surface area contributed by atoms with Crippen LogP contribution in [0.3, 0.4) is 0 Å². The molecule has 0 bridgehead atoms. The molecule has 20 heavy (non-hydrogen) atoms. The SMILES string of the molecule is CSc1ccc(C(=O)O)cc1S(=O)(=O)N1CCOCC1. The van der Waals surface area contributed by atoms with Crippen LogP contribution in [-0.2, 0) is 14.8 Å². The van der Waals surface area contributed by atoms with Crippen molar-refractivity contribution in [3.05, 3.63) is 23.8 Å². The van der Waals surface area contributed by atoms with Crippen molar-refractivity contribution >= 4 is 27.8 Å². The van der Waals surface area contributed by atoms with E-state index >= 15 is 0 Å². The van der Waals surface area contributed by atoms with Crippen LogP contribution in [0.4, 0.5) is 0 Å². The van der Waals surface area contributed by atoms with Crippen LogP contribution in [0.5, 0.6) is 0 Å². The van der Waals surface area contributed by atoms with Gasteiger partial charge >= 0.3 is 5.97 Å². The second-order valence-corrected chi connectivity index (χ2v) is 6.94. The van der Waals surface area contributed by atoms with Crippen molar-refractivity contribution < 1.29 is 23.1 Å².